The summed E-state index contributed by atoms with van der Waals surface area (Å²) in [5, 5.41) is 2.75. The molecule has 0 bridgehead atoms. The van der Waals surface area contributed by atoms with Gasteiger partial charge in [0.05, 0.1) is 12.6 Å². The standard InChI is InChI=1S/C19H30N2O4/c1-14-7-8-17(23)19(12-14,9-5-10-20-15(2)22)18(24)21-11-4-6-16(21)13-25-3/h12,16H,4-11,13H2,1-3H3,(H,20,22)/t16-,19+/m0/s1. The van der Waals surface area contributed by atoms with Crippen LogP contribution in [-0.4, -0.2) is 55.3 Å². The van der Waals surface area contributed by atoms with Gasteiger partial charge in [-0.25, -0.2) is 0 Å². The molecule has 1 aliphatic carbocycles. The van der Waals surface area contributed by atoms with Gasteiger partial charge in [-0.05, 0) is 39.0 Å². The number of likely N-dealkylation sites (tertiary alicyclic amines) is 1. The molecule has 0 saturated carbocycles. The quantitative estimate of drug-likeness (QED) is 0.432. The van der Waals surface area contributed by atoms with Gasteiger partial charge < -0.3 is 15.0 Å². The van der Waals surface area contributed by atoms with Gasteiger partial charge in [-0.1, -0.05) is 11.6 Å². The number of amides is 2. The summed E-state index contributed by atoms with van der Waals surface area (Å²) >= 11 is 0. The third-order valence-electron chi connectivity index (χ3n) is 5.24. The fourth-order valence-corrected chi connectivity index (χ4v) is 3.96. The summed E-state index contributed by atoms with van der Waals surface area (Å²) < 4.78 is 5.26. The molecule has 0 aromatic rings. The Balaban J connectivity index is 2.21. The lowest BCUT2D eigenvalue weighted by atomic mass is 9.71. The Labute approximate surface area is 150 Å². The van der Waals surface area contributed by atoms with Crippen LogP contribution in [0.5, 0.6) is 0 Å². The molecule has 2 atom stereocenters. The molecule has 6 heteroatoms. The first-order valence-electron chi connectivity index (χ1n) is 9.17. The summed E-state index contributed by atoms with van der Waals surface area (Å²) in [5.41, 5.74) is 0.0203. The maximum atomic E-state index is 13.4. The molecule has 0 radical (unpaired) electrons. The fraction of sp³-hybridized carbons (Fsp3) is 0.737. The van der Waals surface area contributed by atoms with Gasteiger partial charge in [0, 0.05) is 33.5 Å². The highest BCUT2D eigenvalue weighted by atomic mass is 16.5. The van der Waals surface area contributed by atoms with E-state index in [-0.39, 0.29) is 23.6 Å². The number of nitrogens with zero attached hydrogens (tertiary/aromatic N) is 1. The second kappa shape index (κ2) is 8.61. The fourth-order valence-electron chi connectivity index (χ4n) is 3.96. The van der Waals surface area contributed by atoms with Gasteiger partial charge >= 0.3 is 0 Å². The lowest BCUT2D eigenvalue weighted by Crippen LogP contribution is -2.51. The number of ether oxygens (including phenoxy) is 1. The van der Waals surface area contributed by atoms with Crippen LogP contribution in [-0.2, 0) is 19.1 Å². The Morgan fingerprint density at radius 3 is 2.84 bits per heavy atom. The monoisotopic (exact) mass is 350 g/mol. The lowest BCUT2D eigenvalue weighted by Gasteiger charge is -2.37. The predicted molar refractivity (Wildman–Crippen MR) is 95.0 cm³/mol. The molecule has 0 aromatic heterocycles. The Morgan fingerprint density at radius 2 is 2.16 bits per heavy atom. The van der Waals surface area contributed by atoms with E-state index in [9.17, 15) is 14.4 Å². The number of carbonyl (C=O) groups excluding carboxylic acids is 3. The third kappa shape index (κ3) is 4.48. The number of hydrogen-bond acceptors (Lipinski definition) is 4. The van der Waals surface area contributed by atoms with Crippen molar-refractivity contribution in [2.45, 2.75) is 58.4 Å². The molecular weight excluding hydrogens is 320 g/mol. The molecule has 25 heavy (non-hydrogen) atoms. The molecule has 0 unspecified atom stereocenters. The van der Waals surface area contributed by atoms with Crippen LogP contribution in [0, 0.1) is 5.41 Å². The van der Waals surface area contributed by atoms with Crippen molar-refractivity contribution in [3.05, 3.63) is 11.6 Å². The SMILES string of the molecule is COC[C@@H]1CCCN1C(=O)[C@]1(CCCNC(C)=O)C=C(C)CCC1=O. The molecule has 140 valence electrons. The van der Waals surface area contributed by atoms with Crippen LogP contribution in [0.4, 0.5) is 0 Å². The van der Waals surface area contributed by atoms with Gasteiger partial charge in [0.2, 0.25) is 11.8 Å². The average molecular weight is 350 g/mol. The molecule has 1 aliphatic heterocycles. The van der Waals surface area contributed by atoms with Gasteiger partial charge in [0.25, 0.3) is 0 Å². The zero-order chi connectivity index (χ0) is 18.4. The van der Waals surface area contributed by atoms with Crippen molar-refractivity contribution < 1.29 is 19.1 Å². The van der Waals surface area contributed by atoms with Crippen molar-refractivity contribution in [3.63, 3.8) is 0 Å². The van der Waals surface area contributed by atoms with E-state index in [1.165, 1.54) is 6.92 Å². The van der Waals surface area contributed by atoms with Crippen molar-refractivity contribution in [1.29, 1.82) is 0 Å². The summed E-state index contributed by atoms with van der Waals surface area (Å²) in [6.45, 7) is 5.12. The van der Waals surface area contributed by atoms with E-state index < -0.39 is 5.41 Å². The first-order valence-corrected chi connectivity index (χ1v) is 9.17. The van der Waals surface area contributed by atoms with E-state index in [2.05, 4.69) is 5.32 Å². The molecule has 0 aromatic carbocycles. The van der Waals surface area contributed by atoms with Crippen molar-refractivity contribution in [2.24, 2.45) is 5.41 Å². The largest absolute Gasteiger partial charge is 0.383 e. The molecule has 2 aliphatic rings. The molecule has 6 nitrogen and oxygen atoms in total. The molecule has 1 heterocycles. The number of methoxy groups -OCH3 is 1. The number of carbonyl (C=O) groups is 3. The van der Waals surface area contributed by atoms with E-state index >= 15 is 0 Å². The lowest BCUT2D eigenvalue weighted by molar-refractivity contribution is -0.148. The third-order valence-corrected chi connectivity index (χ3v) is 5.24. The van der Waals surface area contributed by atoms with Crippen LogP contribution in [0.3, 0.4) is 0 Å². The molecule has 1 N–H and O–H groups in total. The summed E-state index contributed by atoms with van der Waals surface area (Å²) in [6, 6.07) is 0.0492. The van der Waals surface area contributed by atoms with Crippen LogP contribution in [0.15, 0.2) is 11.6 Å². The zero-order valence-corrected chi connectivity index (χ0v) is 15.6. The van der Waals surface area contributed by atoms with Gasteiger partial charge in [0.15, 0.2) is 5.78 Å². The molecule has 2 amide bonds. The van der Waals surface area contributed by atoms with Gasteiger partial charge in [-0.3, -0.25) is 14.4 Å². The number of rotatable bonds is 7. The highest BCUT2D eigenvalue weighted by Crippen LogP contribution is 2.39. The van der Waals surface area contributed by atoms with Crippen molar-refractivity contribution in [3.8, 4) is 0 Å². The number of ketones is 1. The van der Waals surface area contributed by atoms with Crippen LogP contribution in [0.1, 0.15) is 52.4 Å². The average Bonchev–Trinajstić information content (AvgIpc) is 3.02. The van der Waals surface area contributed by atoms with Gasteiger partial charge in [-0.2, -0.15) is 0 Å². The Hall–Kier alpha value is -1.69. The minimum absolute atomic E-state index is 0.00833. The summed E-state index contributed by atoms with van der Waals surface area (Å²) in [5.74, 6) is -0.172. The van der Waals surface area contributed by atoms with Crippen LogP contribution in [0.25, 0.3) is 0 Å². The molecule has 0 spiro atoms. The molecule has 1 saturated heterocycles. The maximum absolute atomic E-state index is 13.4. The van der Waals surface area contributed by atoms with Crippen molar-refractivity contribution in [1.82, 2.24) is 10.2 Å². The zero-order valence-electron chi connectivity index (χ0n) is 15.6. The van der Waals surface area contributed by atoms with Crippen LogP contribution >= 0.6 is 0 Å². The summed E-state index contributed by atoms with van der Waals surface area (Å²) in [6.07, 6.45) is 5.92. The van der Waals surface area contributed by atoms with Crippen LogP contribution in [0.2, 0.25) is 0 Å². The first kappa shape index (κ1) is 19.6. The topological polar surface area (TPSA) is 75.7 Å². The predicted octanol–water partition coefficient (Wildman–Crippen LogP) is 1.84. The Morgan fingerprint density at radius 1 is 1.40 bits per heavy atom. The van der Waals surface area contributed by atoms with Crippen molar-refractivity contribution >= 4 is 17.6 Å². The summed E-state index contributed by atoms with van der Waals surface area (Å²) in [4.78, 5) is 39.2. The highest BCUT2D eigenvalue weighted by Gasteiger charge is 2.48. The van der Waals surface area contributed by atoms with Gasteiger partial charge in [0.1, 0.15) is 5.41 Å². The minimum Gasteiger partial charge on any atom is -0.383 e. The minimum atomic E-state index is -1.07. The summed E-state index contributed by atoms with van der Waals surface area (Å²) in [7, 11) is 1.64. The number of hydrogen-bond donors (Lipinski definition) is 1. The first-order chi connectivity index (χ1) is 11.9. The van der Waals surface area contributed by atoms with Crippen LogP contribution < -0.4 is 5.32 Å². The normalized spacial score (nSPS) is 26.5. The second-order valence-electron chi connectivity index (χ2n) is 7.22. The van der Waals surface area contributed by atoms with E-state index in [1.807, 2.05) is 17.9 Å². The van der Waals surface area contributed by atoms with E-state index in [0.717, 1.165) is 24.8 Å². The van der Waals surface area contributed by atoms with E-state index in [4.69, 9.17) is 4.74 Å². The molecule has 2 rings (SSSR count). The van der Waals surface area contributed by atoms with Crippen molar-refractivity contribution in [2.75, 3.05) is 26.8 Å². The molecule has 1 fully saturated rings. The number of Topliss-reactive ketones (excluding diaryl/α,β-unsaturated/α-hetero) is 1. The van der Waals surface area contributed by atoms with E-state index in [1.54, 1.807) is 7.11 Å². The number of nitrogens with one attached hydrogen (secondary N) is 1. The Bertz CT molecular complexity index is 558. The second-order valence-corrected chi connectivity index (χ2v) is 7.22. The molecular formula is C19H30N2O4. The maximum Gasteiger partial charge on any atom is 0.240 e. The Kier molecular flexibility index (Phi) is 6.76. The smallest absolute Gasteiger partial charge is 0.240 e. The van der Waals surface area contributed by atoms with E-state index in [0.29, 0.717) is 39.0 Å². The highest BCUT2D eigenvalue weighted by molar-refractivity contribution is 6.09. The number of allylic oxidation sites excluding steroid dienone is 1. The van der Waals surface area contributed by atoms with Gasteiger partial charge in [-0.15, -0.1) is 0 Å².